The smallest absolute Gasteiger partial charge is 0.00719 e. The first-order chi connectivity index (χ1) is 18.5. The Labute approximate surface area is 238 Å². The van der Waals surface area contributed by atoms with Gasteiger partial charge in [0.2, 0.25) is 0 Å². The van der Waals surface area contributed by atoms with Crippen molar-refractivity contribution in [2.24, 2.45) is 0 Å². The molecule has 0 atom stereocenters. The van der Waals surface area contributed by atoms with Crippen LogP contribution in [-0.2, 0) is 38.5 Å². The topological polar surface area (TPSA) is 0 Å². The Hall–Kier alpha value is -1.56. The van der Waals surface area contributed by atoms with Crippen LogP contribution >= 0.6 is 0 Å². The van der Waals surface area contributed by atoms with Gasteiger partial charge in [-0.25, -0.2) is 0 Å². The van der Waals surface area contributed by atoms with Gasteiger partial charge in [0.1, 0.15) is 0 Å². The molecule has 0 heteroatoms. The van der Waals surface area contributed by atoms with Crippen LogP contribution in [0.3, 0.4) is 0 Å². The molecule has 0 aromatic heterocycles. The van der Waals surface area contributed by atoms with Gasteiger partial charge in [0.15, 0.2) is 0 Å². The van der Waals surface area contributed by atoms with E-state index in [0.717, 1.165) is 0 Å². The highest BCUT2D eigenvalue weighted by molar-refractivity contribution is 5.51. The fourth-order valence-electron chi connectivity index (χ4n) is 6.31. The molecule has 0 N–H and O–H groups in total. The standard InChI is InChI=1S/C38H62/c1-8-14-20-31-26-33(22-16-10-3)37(34(27-31)23-17-11-4)30(7)38-35(24-18-12-5)28-32(21-15-9-2)29-36(38)25-19-13-6/h26-30H,8-25H2,1-7H3. The monoisotopic (exact) mass is 518 g/mol. The second-order valence-corrected chi connectivity index (χ2v) is 12.0. The van der Waals surface area contributed by atoms with Gasteiger partial charge in [0, 0.05) is 5.92 Å². The van der Waals surface area contributed by atoms with E-state index in [4.69, 9.17) is 0 Å². The molecule has 0 radical (unpaired) electrons. The molecule has 214 valence electrons. The maximum atomic E-state index is 2.62. The van der Waals surface area contributed by atoms with Crippen LogP contribution in [0.15, 0.2) is 24.3 Å². The molecule has 2 aromatic rings. The molecule has 0 fully saturated rings. The van der Waals surface area contributed by atoms with Crippen LogP contribution in [0.4, 0.5) is 0 Å². The third kappa shape index (κ3) is 9.88. The molecule has 2 aromatic carbocycles. The van der Waals surface area contributed by atoms with E-state index in [0.29, 0.717) is 5.92 Å². The lowest BCUT2D eigenvalue weighted by molar-refractivity contribution is 0.717. The van der Waals surface area contributed by atoms with Gasteiger partial charge in [0.05, 0.1) is 0 Å². The Balaban J connectivity index is 2.74. The molecule has 0 spiro atoms. The highest BCUT2D eigenvalue weighted by Gasteiger charge is 2.23. The Morgan fingerprint density at radius 2 is 0.632 bits per heavy atom. The van der Waals surface area contributed by atoms with Crippen molar-refractivity contribution in [2.75, 3.05) is 0 Å². The van der Waals surface area contributed by atoms with Gasteiger partial charge >= 0.3 is 0 Å². The normalized spacial score (nSPS) is 11.6. The summed E-state index contributed by atoms with van der Waals surface area (Å²) < 4.78 is 0. The van der Waals surface area contributed by atoms with E-state index in [1.807, 2.05) is 0 Å². The number of rotatable bonds is 20. The maximum Gasteiger partial charge on any atom is 0.00719 e. The Bertz CT molecular complexity index is 784. The summed E-state index contributed by atoms with van der Waals surface area (Å²) in [6, 6.07) is 10.5. The molecule has 38 heavy (non-hydrogen) atoms. The first-order valence-corrected chi connectivity index (χ1v) is 16.8. The summed E-state index contributed by atoms with van der Waals surface area (Å²) in [6.07, 6.45) is 22.8. The quantitative estimate of drug-likeness (QED) is 0.163. The molecule has 0 aliphatic rings. The van der Waals surface area contributed by atoms with E-state index in [2.05, 4.69) is 72.7 Å². The first-order valence-electron chi connectivity index (χ1n) is 16.8. The van der Waals surface area contributed by atoms with Crippen LogP contribution in [-0.4, -0.2) is 0 Å². The van der Waals surface area contributed by atoms with Crippen LogP contribution < -0.4 is 0 Å². The van der Waals surface area contributed by atoms with Crippen molar-refractivity contribution in [1.82, 2.24) is 0 Å². The SMILES string of the molecule is CCCCc1cc(CCCC)c(C(C)c2c(CCCC)cc(CCCC)cc2CCCC)c(CCCC)c1. The maximum absolute atomic E-state index is 2.62. The molecular weight excluding hydrogens is 456 g/mol. The predicted molar refractivity (Wildman–Crippen MR) is 172 cm³/mol. The molecular formula is C38H62. The zero-order valence-electron chi connectivity index (χ0n) is 26.6. The lowest BCUT2D eigenvalue weighted by atomic mass is 9.77. The van der Waals surface area contributed by atoms with Crippen molar-refractivity contribution in [3.8, 4) is 0 Å². The fraction of sp³-hybridized carbons (Fsp3) is 0.684. The number of hydrogen-bond acceptors (Lipinski definition) is 0. The molecule has 0 bridgehead atoms. The summed E-state index contributed by atoms with van der Waals surface area (Å²) in [5.41, 5.74) is 13.2. The lowest BCUT2D eigenvalue weighted by Crippen LogP contribution is -2.13. The van der Waals surface area contributed by atoms with E-state index in [1.165, 1.54) is 116 Å². The average Bonchev–Trinajstić information content (AvgIpc) is 2.93. The summed E-state index contributed by atoms with van der Waals surface area (Å²) >= 11 is 0. The van der Waals surface area contributed by atoms with Gasteiger partial charge < -0.3 is 0 Å². The van der Waals surface area contributed by atoms with E-state index < -0.39 is 0 Å². The molecule has 0 saturated carbocycles. The molecule has 0 aliphatic carbocycles. The van der Waals surface area contributed by atoms with Crippen molar-refractivity contribution < 1.29 is 0 Å². The van der Waals surface area contributed by atoms with Gasteiger partial charge in [-0.05, 0) is 122 Å². The fourth-order valence-corrected chi connectivity index (χ4v) is 6.31. The molecule has 0 heterocycles. The summed E-state index contributed by atoms with van der Waals surface area (Å²) in [5, 5.41) is 0. The van der Waals surface area contributed by atoms with Crippen molar-refractivity contribution >= 4 is 0 Å². The number of unbranched alkanes of at least 4 members (excludes halogenated alkanes) is 6. The largest absolute Gasteiger partial charge is 0.0654 e. The van der Waals surface area contributed by atoms with Crippen molar-refractivity contribution in [2.45, 2.75) is 170 Å². The van der Waals surface area contributed by atoms with Crippen molar-refractivity contribution in [3.05, 3.63) is 68.8 Å². The van der Waals surface area contributed by atoms with Gasteiger partial charge in [0.25, 0.3) is 0 Å². The molecule has 0 unspecified atom stereocenters. The summed E-state index contributed by atoms with van der Waals surface area (Å²) in [4.78, 5) is 0. The average molecular weight is 519 g/mol. The second-order valence-electron chi connectivity index (χ2n) is 12.0. The third-order valence-electron chi connectivity index (χ3n) is 8.53. The minimum absolute atomic E-state index is 0.480. The van der Waals surface area contributed by atoms with E-state index >= 15 is 0 Å². The minimum atomic E-state index is 0.480. The lowest BCUT2D eigenvalue weighted by Gasteiger charge is -2.28. The van der Waals surface area contributed by atoms with Crippen LogP contribution in [0.2, 0.25) is 0 Å². The number of aryl methyl sites for hydroxylation is 6. The van der Waals surface area contributed by atoms with Crippen LogP contribution in [0.1, 0.15) is 176 Å². The predicted octanol–water partition coefficient (Wildman–Crippen LogP) is 11.9. The zero-order chi connectivity index (χ0) is 27.8. The third-order valence-corrected chi connectivity index (χ3v) is 8.53. The summed E-state index contributed by atoms with van der Waals surface area (Å²) in [7, 11) is 0. The van der Waals surface area contributed by atoms with Crippen LogP contribution in [0.5, 0.6) is 0 Å². The zero-order valence-corrected chi connectivity index (χ0v) is 26.6. The second kappa shape index (κ2) is 18.7. The van der Waals surface area contributed by atoms with E-state index in [1.54, 1.807) is 44.5 Å². The Morgan fingerprint density at radius 1 is 0.395 bits per heavy atom. The van der Waals surface area contributed by atoms with E-state index in [9.17, 15) is 0 Å². The number of benzene rings is 2. The van der Waals surface area contributed by atoms with E-state index in [-0.39, 0.29) is 0 Å². The highest BCUT2D eigenvalue weighted by Crippen LogP contribution is 2.38. The van der Waals surface area contributed by atoms with Gasteiger partial charge in [-0.3, -0.25) is 0 Å². The summed E-state index contributed by atoms with van der Waals surface area (Å²) in [5.74, 6) is 0.480. The minimum Gasteiger partial charge on any atom is -0.0654 e. The van der Waals surface area contributed by atoms with Crippen molar-refractivity contribution in [3.63, 3.8) is 0 Å². The molecule has 0 nitrogen and oxygen atoms in total. The molecule has 0 aliphatic heterocycles. The van der Waals surface area contributed by atoms with Crippen LogP contribution in [0, 0.1) is 0 Å². The Kier molecular flexibility index (Phi) is 16.0. The summed E-state index contributed by atoms with van der Waals surface area (Å²) in [6.45, 7) is 16.6. The highest BCUT2D eigenvalue weighted by atomic mass is 14.3. The molecule has 0 saturated heterocycles. The van der Waals surface area contributed by atoms with Crippen LogP contribution in [0.25, 0.3) is 0 Å². The van der Waals surface area contributed by atoms with Gasteiger partial charge in [-0.15, -0.1) is 0 Å². The Morgan fingerprint density at radius 3 is 0.868 bits per heavy atom. The van der Waals surface area contributed by atoms with Gasteiger partial charge in [-0.2, -0.15) is 0 Å². The molecule has 0 amide bonds. The number of hydrogen-bond donors (Lipinski definition) is 0. The van der Waals surface area contributed by atoms with Gasteiger partial charge in [-0.1, -0.05) is 111 Å². The van der Waals surface area contributed by atoms with Crippen molar-refractivity contribution in [1.29, 1.82) is 0 Å². The molecule has 2 rings (SSSR count). The first kappa shape index (κ1) is 32.7.